The molecule has 1 aromatic rings. The van der Waals surface area contributed by atoms with Gasteiger partial charge in [0.25, 0.3) is 0 Å². The van der Waals surface area contributed by atoms with Crippen molar-refractivity contribution in [3.05, 3.63) is 34.9 Å². The maximum absolute atomic E-state index is 10.7. The van der Waals surface area contributed by atoms with Crippen LogP contribution in [0.25, 0.3) is 0 Å². The first-order valence-corrected chi connectivity index (χ1v) is 7.27. The molecule has 21 heavy (non-hydrogen) atoms. The van der Waals surface area contributed by atoms with Crippen molar-refractivity contribution in [2.75, 3.05) is 13.2 Å². The Hall–Kier alpha value is -1.43. The Kier molecular flexibility index (Phi) is 7.36. The first-order valence-electron chi connectivity index (χ1n) is 7.27. The van der Waals surface area contributed by atoms with E-state index >= 15 is 0 Å². The number of hydrogen-bond donors (Lipinski definition) is 4. The fraction of sp³-hybridized carbons (Fsp3) is 0.562. The van der Waals surface area contributed by atoms with Crippen molar-refractivity contribution >= 4 is 5.97 Å². The molecule has 5 heteroatoms. The fourth-order valence-electron chi connectivity index (χ4n) is 2.20. The Balaban J connectivity index is 2.78. The number of benzene rings is 1. The SMILES string of the molecule is Cc1ccc(C(O)C(CCC(=O)O)NCCCO)cc1C. The third kappa shape index (κ3) is 5.83. The molecule has 0 aliphatic rings. The minimum Gasteiger partial charge on any atom is -0.481 e. The molecular formula is C16H25NO4. The first-order chi connectivity index (χ1) is 9.95. The van der Waals surface area contributed by atoms with Gasteiger partial charge in [-0.3, -0.25) is 4.79 Å². The van der Waals surface area contributed by atoms with Gasteiger partial charge in [-0.25, -0.2) is 0 Å². The molecule has 0 amide bonds. The summed E-state index contributed by atoms with van der Waals surface area (Å²) in [5, 5.41) is 31.3. The van der Waals surface area contributed by atoms with E-state index in [9.17, 15) is 9.90 Å². The zero-order valence-corrected chi connectivity index (χ0v) is 12.7. The third-order valence-electron chi connectivity index (χ3n) is 3.66. The van der Waals surface area contributed by atoms with E-state index < -0.39 is 12.1 Å². The molecule has 0 saturated heterocycles. The average Bonchev–Trinajstić information content (AvgIpc) is 2.44. The Bertz CT molecular complexity index is 462. The lowest BCUT2D eigenvalue weighted by Gasteiger charge is -2.24. The van der Waals surface area contributed by atoms with Crippen molar-refractivity contribution in [2.24, 2.45) is 0 Å². The van der Waals surface area contributed by atoms with Crippen LogP contribution in [0.1, 0.15) is 42.1 Å². The van der Waals surface area contributed by atoms with E-state index in [0.717, 1.165) is 16.7 Å². The third-order valence-corrected chi connectivity index (χ3v) is 3.66. The lowest BCUT2D eigenvalue weighted by molar-refractivity contribution is -0.137. The second-order valence-corrected chi connectivity index (χ2v) is 5.36. The molecule has 0 saturated carbocycles. The summed E-state index contributed by atoms with van der Waals surface area (Å²) in [7, 11) is 0. The van der Waals surface area contributed by atoms with Gasteiger partial charge in [0.2, 0.25) is 0 Å². The number of carboxylic acids is 1. The summed E-state index contributed by atoms with van der Waals surface area (Å²) in [5.41, 5.74) is 3.03. The summed E-state index contributed by atoms with van der Waals surface area (Å²) >= 11 is 0. The highest BCUT2D eigenvalue weighted by molar-refractivity contribution is 5.66. The summed E-state index contributed by atoms with van der Waals surface area (Å²) in [6.45, 7) is 4.60. The molecule has 0 spiro atoms. The number of carboxylic acid groups (broad SMARTS) is 1. The highest BCUT2D eigenvalue weighted by atomic mass is 16.4. The maximum Gasteiger partial charge on any atom is 0.303 e. The van der Waals surface area contributed by atoms with E-state index in [0.29, 0.717) is 19.4 Å². The highest BCUT2D eigenvalue weighted by Crippen LogP contribution is 2.22. The van der Waals surface area contributed by atoms with Crippen LogP contribution >= 0.6 is 0 Å². The van der Waals surface area contributed by atoms with Gasteiger partial charge >= 0.3 is 5.97 Å². The van der Waals surface area contributed by atoms with Crippen LogP contribution in [0.2, 0.25) is 0 Å². The van der Waals surface area contributed by atoms with Gasteiger partial charge in [-0.05, 0) is 49.9 Å². The largest absolute Gasteiger partial charge is 0.481 e. The summed E-state index contributed by atoms with van der Waals surface area (Å²) in [4.78, 5) is 10.7. The van der Waals surface area contributed by atoms with Gasteiger partial charge in [0, 0.05) is 19.1 Å². The van der Waals surface area contributed by atoms with Crippen LogP contribution in [-0.2, 0) is 4.79 Å². The summed E-state index contributed by atoms with van der Waals surface area (Å²) < 4.78 is 0. The number of rotatable bonds is 9. The van der Waals surface area contributed by atoms with Gasteiger partial charge in [-0.1, -0.05) is 18.2 Å². The van der Waals surface area contributed by atoms with E-state index in [-0.39, 0.29) is 19.1 Å². The predicted octanol–water partition coefficient (Wildman–Crippen LogP) is 1.54. The number of nitrogens with one attached hydrogen (secondary N) is 1. The van der Waals surface area contributed by atoms with Gasteiger partial charge in [0.15, 0.2) is 0 Å². The monoisotopic (exact) mass is 295 g/mol. The second kappa shape index (κ2) is 8.77. The van der Waals surface area contributed by atoms with E-state index in [1.807, 2.05) is 32.0 Å². The van der Waals surface area contributed by atoms with Gasteiger partial charge in [-0.15, -0.1) is 0 Å². The normalized spacial score (nSPS) is 13.9. The van der Waals surface area contributed by atoms with Crippen LogP contribution in [0.5, 0.6) is 0 Å². The number of hydrogen-bond acceptors (Lipinski definition) is 4. The maximum atomic E-state index is 10.7. The minimum atomic E-state index is -0.878. The molecule has 0 heterocycles. The van der Waals surface area contributed by atoms with E-state index in [1.165, 1.54) is 0 Å². The van der Waals surface area contributed by atoms with Crippen LogP contribution in [0.15, 0.2) is 18.2 Å². The summed E-state index contributed by atoms with van der Waals surface area (Å²) in [5.74, 6) is -0.878. The molecule has 0 bridgehead atoms. The van der Waals surface area contributed by atoms with Crippen LogP contribution in [0.3, 0.4) is 0 Å². The van der Waals surface area contributed by atoms with Crippen molar-refractivity contribution in [3.63, 3.8) is 0 Å². The lowest BCUT2D eigenvalue weighted by Crippen LogP contribution is -2.36. The fourth-order valence-corrected chi connectivity index (χ4v) is 2.20. The van der Waals surface area contributed by atoms with Crippen molar-refractivity contribution in [1.82, 2.24) is 5.32 Å². The van der Waals surface area contributed by atoms with Crippen molar-refractivity contribution in [1.29, 1.82) is 0 Å². The topological polar surface area (TPSA) is 89.8 Å². The number of aryl methyl sites for hydroxylation is 2. The average molecular weight is 295 g/mol. The van der Waals surface area contributed by atoms with Gasteiger partial charge in [0.05, 0.1) is 6.10 Å². The second-order valence-electron chi connectivity index (χ2n) is 5.36. The quantitative estimate of drug-likeness (QED) is 0.519. The zero-order chi connectivity index (χ0) is 15.8. The Labute approximate surface area is 125 Å². The zero-order valence-electron chi connectivity index (χ0n) is 12.7. The molecule has 118 valence electrons. The molecule has 1 rings (SSSR count). The van der Waals surface area contributed by atoms with Crippen molar-refractivity contribution < 1.29 is 20.1 Å². The van der Waals surface area contributed by atoms with Crippen LogP contribution in [0.4, 0.5) is 0 Å². The lowest BCUT2D eigenvalue weighted by atomic mass is 9.95. The number of aliphatic hydroxyl groups is 2. The van der Waals surface area contributed by atoms with Gasteiger partial charge in [0.1, 0.15) is 0 Å². The van der Waals surface area contributed by atoms with Crippen LogP contribution < -0.4 is 5.32 Å². The molecule has 0 aromatic heterocycles. The molecule has 2 atom stereocenters. The number of aliphatic carboxylic acids is 1. The molecule has 0 aliphatic heterocycles. The molecule has 0 aliphatic carbocycles. The van der Waals surface area contributed by atoms with E-state index in [4.69, 9.17) is 10.2 Å². The number of carbonyl (C=O) groups is 1. The van der Waals surface area contributed by atoms with E-state index in [1.54, 1.807) is 0 Å². The van der Waals surface area contributed by atoms with Crippen LogP contribution in [-0.4, -0.2) is 40.5 Å². The molecule has 0 fully saturated rings. The standard InChI is InChI=1S/C16H25NO4/c1-11-4-5-13(10-12(11)2)16(21)14(6-7-15(19)20)17-8-3-9-18/h4-5,10,14,16-18,21H,3,6-9H2,1-2H3,(H,19,20). The molecular weight excluding hydrogens is 270 g/mol. The number of aliphatic hydroxyl groups excluding tert-OH is 2. The van der Waals surface area contributed by atoms with E-state index in [2.05, 4.69) is 5.32 Å². The summed E-state index contributed by atoms with van der Waals surface area (Å²) in [6, 6.07) is 5.42. The predicted molar refractivity (Wildman–Crippen MR) is 81.2 cm³/mol. The smallest absolute Gasteiger partial charge is 0.303 e. The Morgan fingerprint density at radius 3 is 2.57 bits per heavy atom. The summed E-state index contributed by atoms with van der Waals surface area (Å²) in [6.07, 6.45) is 0.152. The first kappa shape index (κ1) is 17.6. The highest BCUT2D eigenvalue weighted by Gasteiger charge is 2.21. The molecule has 2 unspecified atom stereocenters. The molecule has 5 nitrogen and oxygen atoms in total. The van der Waals surface area contributed by atoms with Crippen molar-refractivity contribution in [3.8, 4) is 0 Å². The Morgan fingerprint density at radius 2 is 2.00 bits per heavy atom. The van der Waals surface area contributed by atoms with Crippen molar-refractivity contribution in [2.45, 2.75) is 45.3 Å². The minimum absolute atomic E-state index is 0.00129. The molecule has 0 radical (unpaired) electrons. The molecule has 1 aromatic carbocycles. The molecule has 4 N–H and O–H groups in total. The van der Waals surface area contributed by atoms with Gasteiger partial charge < -0.3 is 20.6 Å². The van der Waals surface area contributed by atoms with Gasteiger partial charge in [-0.2, -0.15) is 0 Å². The van der Waals surface area contributed by atoms with Crippen LogP contribution in [0, 0.1) is 13.8 Å². The Morgan fingerprint density at radius 1 is 1.29 bits per heavy atom.